The lowest BCUT2D eigenvalue weighted by molar-refractivity contribution is 0.405. The number of rotatable bonds is 4. The van der Waals surface area contributed by atoms with Gasteiger partial charge in [0.1, 0.15) is 5.75 Å². The fraction of sp³-hybridized carbons (Fsp3) is 0.500. The van der Waals surface area contributed by atoms with E-state index in [-0.39, 0.29) is 5.38 Å². The number of alkyl halides is 1. The Morgan fingerprint density at radius 3 is 2.60 bits per heavy atom. The van der Waals surface area contributed by atoms with Gasteiger partial charge in [0.2, 0.25) is 0 Å². The fourth-order valence-corrected chi connectivity index (χ4v) is 1.91. The third-order valence-corrected chi connectivity index (χ3v) is 3.49. The zero-order valence-corrected chi connectivity index (χ0v) is 11.6. The average Bonchev–Trinajstić information content (AvgIpc) is 2.18. The lowest BCUT2D eigenvalue weighted by Gasteiger charge is -2.16. The molecule has 0 spiro atoms. The van der Waals surface area contributed by atoms with E-state index < -0.39 is 0 Å². The molecule has 1 rings (SSSR count). The molecule has 0 heterocycles. The predicted molar refractivity (Wildman–Crippen MR) is 68.9 cm³/mol. The summed E-state index contributed by atoms with van der Waals surface area (Å²) >= 11 is 9.52. The van der Waals surface area contributed by atoms with E-state index in [1.54, 1.807) is 7.11 Å². The van der Waals surface area contributed by atoms with Gasteiger partial charge in [-0.3, -0.25) is 0 Å². The number of hydrogen-bond acceptors (Lipinski definition) is 1. The molecule has 15 heavy (non-hydrogen) atoms. The number of hydrogen-bond donors (Lipinski definition) is 0. The molecule has 0 fully saturated rings. The van der Waals surface area contributed by atoms with Crippen LogP contribution in [0.5, 0.6) is 5.75 Å². The fourth-order valence-electron chi connectivity index (χ4n) is 1.42. The summed E-state index contributed by atoms with van der Waals surface area (Å²) in [6.07, 6.45) is 0.938. The lowest BCUT2D eigenvalue weighted by Crippen LogP contribution is -2.10. The summed E-state index contributed by atoms with van der Waals surface area (Å²) in [7, 11) is 1.70. The molecule has 0 aliphatic rings. The molecule has 0 aliphatic heterocycles. The monoisotopic (exact) mass is 290 g/mol. The number of benzene rings is 1. The highest BCUT2D eigenvalue weighted by Crippen LogP contribution is 2.27. The molecule has 0 amide bonds. The maximum absolute atomic E-state index is 6.06. The van der Waals surface area contributed by atoms with Crippen LogP contribution in [0.25, 0.3) is 0 Å². The summed E-state index contributed by atoms with van der Waals surface area (Å²) in [5.74, 6) is 1.37. The van der Waals surface area contributed by atoms with Crippen LogP contribution in [0.2, 0.25) is 0 Å². The maximum atomic E-state index is 6.06. The quantitative estimate of drug-likeness (QED) is 0.753. The van der Waals surface area contributed by atoms with Crippen molar-refractivity contribution < 1.29 is 4.74 Å². The molecule has 1 aromatic rings. The van der Waals surface area contributed by atoms with Crippen LogP contribution in [0.15, 0.2) is 22.7 Å². The van der Waals surface area contributed by atoms with Gasteiger partial charge in [-0.25, -0.2) is 0 Å². The van der Waals surface area contributed by atoms with Gasteiger partial charge in [-0.05, 0) is 43.0 Å². The van der Waals surface area contributed by atoms with Crippen LogP contribution < -0.4 is 4.74 Å². The van der Waals surface area contributed by atoms with Crippen LogP contribution in [-0.4, -0.2) is 12.5 Å². The number of ether oxygens (including phenoxy) is 1. The molecule has 0 bridgehead atoms. The first kappa shape index (κ1) is 12.9. The number of halogens is 2. The zero-order chi connectivity index (χ0) is 11.4. The highest BCUT2D eigenvalue weighted by molar-refractivity contribution is 9.10. The minimum Gasteiger partial charge on any atom is -0.496 e. The van der Waals surface area contributed by atoms with E-state index in [0.29, 0.717) is 5.92 Å². The van der Waals surface area contributed by atoms with Gasteiger partial charge < -0.3 is 4.74 Å². The first-order valence-corrected chi connectivity index (χ1v) is 6.24. The van der Waals surface area contributed by atoms with Gasteiger partial charge in [0.15, 0.2) is 0 Å². The molecule has 0 saturated heterocycles. The van der Waals surface area contributed by atoms with Crippen molar-refractivity contribution in [1.29, 1.82) is 0 Å². The van der Waals surface area contributed by atoms with Crippen LogP contribution in [0.3, 0.4) is 0 Å². The standard InChI is InChI=1S/C12H16BrClO/c1-8(9(2)14)6-10-7-11(13)4-5-12(10)15-3/h4-5,7-9H,6H2,1-3H3. The summed E-state index contributed by atoms with van der Waals surface area (Å²) in [6, 6.07) is 6.05. The van der Waals surface area contributed by atoms with Crippen molar-refractivity contribution in [2.24, 2.45) is 5.92 Å². The minimum absolute atomic E-state index is 0.175. The molecule has 84 valence electrons. The molecule has 0 N–H and O–H groups in total. The molecule has 1 nitrogen and oxygen atoms in total. The molecule has 1 aromatic carbocycles. The third kappa shape index (κ3) is 3.69. The second-order valence-electron chi connectivity index (χ2n) is 3.82. The van der Waals surface area contributed by atoms with E-state index in [4.69, 9.17) is 16.3 Å². The molecule has 2 atom stereocenters. The Morgan fingerprint density at radius 1 is 1.40 bits per heavy atom. The zero-order valence-electron chi connectivity index (χ0n) is 9.26. The van der Waals surface area contributed by atoms with Crippen LogP contribution in [-0.2, 0) is 6.42 Å². The topological polar surface area (TPSA) is 9.23 Å². The van der Waals surface area contributed by atoms with Gasteiger partial charge in [0.05, 0.1) is 7.11 Å². The Kier molecular flexibility index (Phi) is 4.94. The lowest BCUT2D eigenvalue weighted by atomic mass is 9.98. The highest BCUT2D eigenvalue weighted by Gasteiger charge is 2.13. The summed E-state index contributed by atoms with van der Waals surface area (Å²) < 4.78 is 6.39. The van der Waals surface area contributed by atoms with Crippen molar-refractivity contribution in [3.8, 4) is 5.75 Å². The molecule has 0 saturated carbocycles. The summed E-state index contributed by atoms with van der Waals surface area (Å²) in [6.45, 7) is 4.18. The van der Waals surface area contributed by atoms with Gasteiger partial charge in [0, 0.05) is 9.85 Å². The Labute approximate surface area is 105 Å². The molecule has 2 unspecified atom stereocenters. The Bertz CT molecular complexity index is 325. The third-order valence-electron chi connectivity index (χ3n) is 2.57. The van der Waals surface area contributed by atoms with E-state index in [2.05, 4.69) is 28.9 Å². The minimum atomic E-state index is 0.175. The van der Waals surface area contributed by atoms with E-state index in [9.17, 15) is 0 Å². The average molecular weight is 292 g/mol. The van der Waals surface area contributed by atoms with Crippen molar-refractivity contribution in [2.75, 3.05) is 7.11 Å². The van der Waals surface area contributed by atoms with Crippen LogP contribution in [0.4, 0.5) is 0 Å². The first-order valence-electron chi connectivity index (χ1n) is 5.01. The molecule has 0 radical (unpaired) electrons. The first-order chi connectivity index (χ1) is 7.04. The van der Waals surface area contributed by atoms with E-state index in [1.165, 1.54) is 5.56 Å². The van der Waals surface area contributed by atoms with Gasteiger partial charge in [-0.15, -0.1) is 11.6 Å². The Hall–Kier alpha value is -0.210. The second kappa shape index (κ2) is 5.76. The summed E-state index contributed by atoms with van der Waals surface area (Å²) in [5.41, 5.74) is 1.20. The Balaban J connectivity index is 2.87. The van der Waals surface area contributed by atoms with Crippen molar-refractivity contribution in [2.45, 2.75) is 25.6 Å². The van der Waals surface area contributed by atoms with Crippen LogP contribution >= 0.6 is 27.5 Å². The predicted octanol–water partition coefficient (Wildman–Crippen LogP) is 4.26. The van der Waals surface area contributed by atoms with Gasteiger partial charge in [0.25, 0.3) is 0 Å². The normalized spacial score (nSPS) is 14.7. The molecule has 0 aliphatic carbocycles. The molecule has 3 heteroatoms. The van der Waals surface area contributed by atoms with Crippen molar-refractivity contribution >= 4 is 27.5 Å². The van der Waals surface area contributed by atoms with Gasteiger partial charge in [-0.1, -0.05) is 22.9 Å². The Morgan fingerprint density at radius 2 is 2.07 bits per heavy atom. The summed E-state index contributed by atoms with van der Waals surface area (Å²) in [5, 5.41) is 0.175. The molecule has 0 aromatic heterocycles. The molecular formula is C12H16BrClO. The number of methoxy groups -OCH3 is 1. The van der Waals surface area contributed by atoms with E-state index in [1.807, 2.05) is 19.1 Å². The largest absolute Gasteiger partial charge is 0.496 e. The summed E-state index contributed by atoms with van der Waals surface area (Å²) in [4.78, 5) is 0. The van der Waals surface area contributed by atoms with Gasteiger partial charge >= 0.3 is 0 Å². The molecular weight excluding hydrogens is 275 g/mol. The maximum Gasteiger partial charge on any atom is 0.122 e. The second-order valence-corrected chi connectivity index (χ2v) is 5.42. The van der Waals surface area contributed by atoms with Crippen molar-refractivity contribution in [3.63, 3.8) is 0 Å². The van der Waals surface area contributed by atoms with Gasteiger partial charge in [-0.2, -0.15) is 0 Å². The van der Waals surface area contributed by atoms with Crippen molar-refractivity contribution in [3.05, 3.63) is 28.2 Å². The van der Waals surface area contributed by atoms with E-state index in [0.717, 1.165) is 16.6 Å². The van der Waals surface area contributed by atoms with Crippen LogP contribution in [0, 0.1) is 5.92 Å². The SMILES string of the molecule is COc1ccc(Br)cc1CC(C)C(C)Cl. The van der Waals surface area contributed by atoms with E-state index >= 15 is 0 Å². The smallest absolute Gasteiger partial charge is 0.122 e. The van der Waals surface area contributed by atoms with Crippen molar-refractivity contribution in [1.82, 2.24) is 0 Å². The van der Waals surface area contributed by atoms with Crippen LogP contribution in [0.1, 0.15) is 19.4 Å². The highest BCUT2D eigenvalue weighted by atomic mass is 79.9.